The number of benzene rings is 2. The van der Waals surface area contributed by atoms with E-state index >= 15 is 0 Å². The van der Waals surface area contributed by atoms with Crippen LogP contribution < -0.4 is 0 Å². The molecular formula is C16H12ClFO2. The van der Waals surface area contributed by atoms with Gasteiger partial charge in [-0.3, -0.25) is 0 Å². The molecule has 3 aromatic rings. The first-order valence-electron chi connectivity index (χ1n) is 6.15. The zero-order valence-corrected chi connectivity index (χ0v) is 11.5. The quantitative estimate of drug-likeness (QED) is 0.755. The highest BCUT2D eigenvalue weighted by Gasteiger charge is 2.30. The fourth-order valence-electron chi connectivity index (χ4n) is 2.18. The van der Waals surface area contributed by atoms with Crippen LogP contribution in [0.5, 0.6) is 0 Å². The number of furan rings is 1. The first kappa shape index (κ1) is 13.2. The van der Waals surface area contributed by atoms with Crippen LogP contribution >= 0.6 is 11.6 Å². The highest BCUT2D eigenvalue weighted by Crippen LogP contribution is 2.34. The molecule has 0 spiro atoms. The van der Waals surface area contributed by atoms with Crippen molar-refractivity contribution in [1.29, 1.82) is 0 Å². The summed E-state index contributed by atoms with van der Waals surface area (Å²) >= 11 is 5.84. The third-order valence-electron chi connectivity index (χ3n) is 3.38. The van der Waals surface area contributed by atoms with E-state index in [0.717, 1.165) is 0 Å². The molecule has 0 aliphatic carbocycles. The molecule has 1 heterocycles. The van der Waals surface area contributed by atoms with Gasteiger partial charge in [0.25, 0.3) is 0 Å². The molecule has 0 saturated carbocycles. The Balaban J connectivity index is 2.13. The molecule has 0 aliphatic rings. The molecule has 20 heavy (non-hydrogen) atoms. The fourth-order valence-corrected chi connectivity index (χ4v) is 2.31. The van der Waals surface area contributed by atoms with Crippen LogP contribution in [0.15, 0.2) is 52.9 Å². The van der Waals surface area contributed by atoms with Gasteiger partial charge in [-0.15, -0.1) is 0 Å². The van der Waals surface area contributed by atoms with Crippen LogP contribution in [0.1, 0.15) is 18.2 Å². The predicted molar refractivity (Wildman–Crippen MR) is 76.3 cm³/mol. The smallest absolute Gasteiger partial charge is 0.170 e. The standard InChI is InChI=1S/C16H12ClFO2/c1-16(19,11-5-7-12(17)8-6-11)14-9-10-3-2-4-13(18)15(10)20-14/h2-9,19H,1H3. The maximum Gasteiger partial charge on any atom is 0.170 e. The second-order valence-corrected chi connectivity index (χ2v) is 5.28. The normalized spacial score (nSPS) is 14.4. The fraction of sp³-hybridized carbons (Fsp3) is 0.125. The molecule has 1 unspecified atom stereocenters. The van der Waals surface area contributed by atoms with Crippen molar-refractivity contribution in [1.82, 2.24) is 0 Å². The molecule has 0 saturated heterocycles. The maximum atomic E-state index is 13.7. The van der Waals surface area contributed by atoms with E-state index in [4.69, 9.17) is 16.0 Å². The number of rotatable bonds is 2. The summed E-state index contributed by atoms with van der Waals surface area (Å²) in [6.45, 7) is 1.60. The summed E-state index contributed by atoms with van der Waals surface area (Å²) in [5.74, 6) is -0.152. The first-order valence-corrected chi connectivity index (χ1v) is 6.53. The summed E-state index contributed by atoms with van der Waals surface area (Å²) < 4.78 is 19.1. The Labute approximate surface area is 120 Å². The first-order chi connectivity index (χ1) is 9.48. The molecule has 1 aromatic heterocycles. The average Bonchev–Trinajstić information content (AvgIpc) is 2.85. The van der Waals surface area contributed by atoms with Crippen molar-refractivity contribution in [3.8, 4) is 0 Å². The van der Waals surface area contributed by atoms with Crippen LogP contribution in [0.3, 0.4) is 0 Å². The lowest BCUT2D eigenvalue weighted by Gasteiger charge is -2.21. The summed E-state index contributed by atoms with van der Waals surface area (Å²) in [5.41, 5.74) is -0.575. The highest BCUT2D eigenvalue weighted by atomic mass is 35.5. The monoisotopic (exact) mass is 290 g/mol. The van der Waals surface area contributed by atoms with Crippen LogP contribution in [-0.4, -0.2) is 5.11 Å². The van der Waals surface area contributed by atoms with Crippen molar-refractivity contribution in [2.75, 3.05) is 0 Å². The summed E-state index contributed by atoms with van der Waals surface area (Å²) in [6, 6.07) is 13.1. The van der Waals surface area contributed by atoms with E-state index in [9.17, 15) is 9.50 Å². The molecule has 1 N–H and O–H groups in total. The molecule has 1 atom stereocenters. The van der Waals surface area contributed by atoms with Crippen molar-refractivity contribution in [2.45, 2.75) is 12.5 Å². The third-order valence-corrected chi connectivity index (χ3v) is 3.63. The average molecular weight is 291 g/mol. The van der Waals surface area contributed by atoms with E-state index in [1.165, 1.54) is 6.07 Å². The minimum absolute atomic E-state index is 0.150. The summed E-state index contributed by atoms with van der Waals surface area (Å²) in [7, 11) is 0. The molecule has 0 bridgehead atoms. The largest absolute Gasteiger partial charge is 0.455 e. The van der Waals surface area contributed by atoms with Gasteiger partial charge in [-0.25, -0.2) is 4.39 Å². The summed E-state index contributed by atoms with van der Waals surface area (Å²) in [4.78, 5) is 0. The Morgan fingerprint density at radius 2 is 1.85 bits per heavy atom. The second kappa shape index (κ2) is 4.62. The molecule has 4 heteroatoms. The van der Waals surface area contributed by atoms with Crippen LogP contribution in [0.2, 0.25) is 5.02 Å². The van der Waals surface area contributed by atoms with E-state index in [1.807, 2.05) is 0 Å². The van der Waals surface area contributed by atoms with E-state index in [1.54, 1.807) is 49.4 Å². The van der Waals surface area contributed by atoms with Gasteiger partial charge in [-0.2, -0.15) is 0 Å². The Morgan fingerprint density at radius 3 is 2.50 bits per heavy atom. The van der Waals surface area contributed by atoms with Gasteiger partial charge >= 0.3 is 0 Å². The molecule has 3 rings (SSSR count). The number of hydrogen-bond acceptors (Lipinski definition) is 2. The number of para-hydroxylation sites is 1. The van der Waals surface area contributed by atoms with E-state index in [-0.39, 0.29) is 5.58 Å². The van der Waals surface area contributed by atoms with Gasteiger partial charge in [0.15, 0.2) is 11.4 Å². The lowest BCUT2D eigenvalue weighted by Crippen LogP contribution is -2.21. The van der Waals surface area contributed by atoms with Gasteiger partial charge in [0.05, 0.1) is 0 Å². The molecule has 102 valence electrons. The van der Waals surface area contributed by atoms with E-state index in [0.29, 0.717) is 21.7 Å². The van der Waals surface area contributed by atoms with E-state index < -0.39 is 11.4 Å². The van der Waals surface area contributed by atoms with Crippen molar-refractivity contribution >= 4 is 22.6 Å². The SMILES string of the molecule is CC(O)(c1ccc(Cl)cc1)c1cc2cccc(F)c2o1. The Kier molecular flexibility index (Phi) is 3.04. The van der Waals surface area contributed by atoms with Crippen molar-refractivity contribution in [3.05, 3.63) is 70.7 Å². The van der Waals surface area contributed by atoms with Crippen molar-refractivity contribution in [3.63, 3.8) is 0 Å². The van der Waals surface area contributed by atoms with Gasteiger partial charge in [0, 0.05) is 10.4 Å². The molecule has 2 aromatic carbocycles. The lowest BCUT2D eigenvalue weighted by atomic mass is 9.93. The van der Waals surface area contributed by atoms with Gasteiger partial charge in [0.2, 0.25) is 0 Å². The molecule has 2 nitrogen and oxygen atoms in total. The van der Waals surface area contributed by atoms with Crippen LogP contribution in [-0.2, 0) is 5.60 Å². The van der Waals surface area contributed by atoms with Gasteiger partial charge in [-0.05, 0) is 36.8 Å². The van der Waals surface area contributed by atoms with Gasteiger partial charge in [-0.1, -0.05) is 35.9 Å². The maximum absolute atomic E-state index is 13.7. The zero-order valence-electron chi connectivity index (χ0n) is 10.7. The van der Waals surface area contributed by atoms with Crippen LogP contribution in [0.25, 0.3) is 11.0 Å². The number of hydrogen-bond donors (Lipinski definition) is 1. The molecule has 0 amide bonds. The van der Waals surface area contributed by atoms with Crippen LogP contribution in [0, 0.1) is 5.82 Å². The number of fused-ring (bicyclic) bond motifs is 1. The van der Waals surface area contributed by atoms with Crippen molar-refractivity contribution in [2.24, 2.45) is 0 Å². The zero-order chi connectivity index (χ0) is 14.3. The van der Waals surface area contributed by atoms with E-state index in [2.05, 4.69) is 0 Å². The number of aliphatic hydroxyl groups is 1. The third kappa shape index (κ3) is 2.09. The number of halogens is 2. The topological polar surface area (TPSA) is 33.4 Å². The Bertz CT molecular complexity index is 760. The van der Waals surface area contributed by atoms with Crippen LogP contribution in [0.4, 0.5) is 4.39 Å². The molecular weight excluding hydrogens is 279 g/mol. The molecule has 0 fully saturated rings. The predicted octanol–water partition coefficient (Wildman–Crippen LogP) is 4.48. The Morgan fingerprint density at radius 1 is 1.15 bits per heavy atom. The van der Waals surface area contributed by atoms with Gasteiger partial charge < -0.3 is 9.52 Å². The van der Waals surface area contributed by atoms with Gasteiger partial charge in [0.1, 0.15) is 11.4 Å². The Hall–Kier alpha value is -1.84. The second-order valence-electron chi connectivity index (χ2n) is 4.85. The minimum atomic E-state index is -1.35. The minimum Gasteiger partial charge on any atom is -0.455 e. The molecule has 0 radical (unpaired) electrons. The van der Waals surface area contributed by atoms with Crippen molar-refractivity contribution < 1.29 is 13.9 Å². The highest BCUT2D eigenvalue weighted by molar-refractivity contribution is 6.30. The molecule has 0 aliphatic heterocycles. The lowest BCUT2D eigenvalue weighted by molar-refractivity contribution is 0.0784. The summed E-state index contributed by atoms with van der Waals surface area (Å²) in [6.07, 6.45) is 0. The summed E-state index contributed by atoms with van der Waals surface area (Å²) in [5, 5.41) is 11.9.